The highest BCUT2D eigenvalue weighted by molar-refractivity contribution is 7.89. The van der Waals surface area contributed by atoms with Crippen molar-refractivity contribution in [1.29, 1.82) is 0 Å². The highest BCUT2D eigenvalue weighted by atomic mass is 32.2. The minimum Gasteiger partial charge on any atom is -0.335 e. The molecule has 0 aromatic heterocycles. The first-order valence-electron chi connectivity index (χ1n) is 9.54. The fourth-order valence-corrected chi connectivity index (χ4v) is 5.22. The quantitative estimate of drug-likeness (QED) is 0.732. The van der Waals surface area contributed by atoms with Crippen molar-refractivity contribution in [3.05, 3.63) is 29.8 Å². The number of alkyl halides is 3. The van der Waals surface area contributed by atoms with E-state index in [4.69, 9.17) is 0 Å². The van der Waals surface area contributed by atoms with Crippen molar-refractivity contribution < 1.29 is 31.2 Å². The lowest BCUT2D eigenvalue weighted by Gasteiger charge is -2.32. The minimum absolute atomic E-state index is 0.0646. The van der Waals surface area contributed by atoms with Crippen LogP contribution in [0.25, 0.3) is 0 Å². The second kappa shape index (κ2) is 8.43. The molecule has 2 aliphatic rings. The first kappa shape index (κ1) is 21.8. The topological polar surface area (TPSA) is 74.8 Å². The van der Waals surface area contributed by atoms with Crippen LogP contribution in [0.3, 0.4) is 0 Å². The Balaban J connectivity index is 1.56. The van der Waals surface area contributed by atoms with Crippen LogP contribution in [0.15, 0.2) is 29.2 Å². The summed E-state index contributed by atoms with van der Waals surface area (Å²) in [6.45, 7) is 0.530. The van der Waals surface area contributed by atoms with Gasteiger partial charge in [0.15, 0.2) is 0 Å². The van der Waals surface area contributed by atoms with Crippen molar-refractivity contribution in [1.82, 2.24) is 9.21 Å². The van der Waals surface area contributed by atoms with Crippen LogP contribution in [0.5, 0.6) is 0 Å². The molecule has 0 aliphatic carbocycles. The third kappa shape index (κ3) is 5.16. The zero-order valence-electron chi connectivity index (χ0n) is 15.8. The number of piperidine rings is 2. The second-order valence-electron chi connectivity index (χ2n) is 7.52. The second-order valence-corrected chi connectivity index (χ2v) is 9.46. The summed E-state index contributed by atoms with van der Waals surface area (Å²) in [5.41, 5.74) is 0.901. The summed E-state index contributed by atoms with van der Waals surface area (Å²) in [6, 6.07) is 6.50. The fraction of sp³-hybridized carbons (Fsp3) is 0.579. The first-order valence-corrected chi connectivity index (χ1v) is 11.0. The third-order valence-corrected chi connectivity index (χ3v) is 7.42. The van der Waals surface area contributed by atoms with Gasteiger partial charge in [0.1, 0.15) is 5.78 Å². The van der Waals surface area contributed by atoms with Crippen molar-refractivity contribution in [3.63, 3.8) is 0 Å². The maximum atomic E-state index is 12.7. The molecule has 1 amide bonds. The van der Waals surface area contributed by atoms with E-state index in [0.717, 1.165) is 10.5 Å². The van der Waals surface area contributed by atoms with Crippen molar-refractivity contribution in [3.8, 4) is 0 Å². The summed E-state index contributed by atoms with van der Waals surface area (Å²) >= 11 is 0. The zero-order valence-corrected chi connectivity index (χ0v) is 16.6. The number of carbonyl (C=O) groups is 2. The molecule has 29 heavy (non-hydrogen) atoms. The molecule has 160 valence electrons. The van der Waals surface area contributed by atoms with Crippen LogP contribution in [0, 0.1) is 5.92 Å². The molecule has 0 bridgehead atoms. The van der Waals surface area contributed by atoms with Crippen LogP contribution in [0.4, 0.5) is 13.2 Å². The Bertz CT molecular complexity index is 850. The van der Waals surface area contributed by atoms with Crippen molar-refractivity contribution >= 4 is 21.7 Å². The van der Waals surface area contributed by atoms with Gasteiger partial charge in [-0.25, -0.2) is 8.42 Å². The number of sulfonamides is 1. The molecule has 0 saturated carbocycles. The summed E-state index contributed by atoms with van der Waals surface area (Å²) in [6.07, 6.45) is -2.81. The summed E-state index contributed by atoms with van der Waals surface area (Å²) in [5.74, 6) is -1.58. The molecule has 0 unspecified atom stereocenters. The molecule has 2 saturated heterocycles. The van der Waals surface area contributed by atoms with Crippen LogP contribution in [-0.2, 0) is 26.0 Å². The van der Waals surface area contributed by atoms with Crippen molar-refractivity contribution in [2.45, 2.75) is 43.2 Å². The van der Waals surface area contributed by atoms with E-state index >= 15 is 0 Å². The van der Waals surface area contributed by atoms with E-state index in [9.17, 15) is 31.2 Å². The van der Waals surface area contributed by atoms with Gasteiger partial charge in [-0.1, -0.05) is 12.1 Å². The van der Waals surface area contributed by atoms with Crippen LogP contribution in [-0.4, -0.2) is 61.7 Å². The smallest absolute Gasteiger partial charge is 0.335 e. The summed E-state index contributed by atoms with van der Waals surface area (Å²) < 4.78 is 64.2. The average Bonchev–Trinajstić information content (AvgIpc) is 2.68. The first-order chi connectivity index (χ1) is 13.6. The highest BCUT2D eigenvalue weighted by Crippen LogP contribution is 2.27. The molecule has 2 aliphatic heterocycles. The van der Waals surface area contributed by atoms with Gasteiger partial charge in [0.2, 0.25) is 10.0 Å². The molecule has 0 spiro atoms. The number of amides is 1. The number of hydrogen-bond acceptors (Lipinski definition) is 4. The van der Waals surface area contributed by atoms with Crippen LogP contribution >= 0.6 is 0 Å². The Kier molecular flexibility index (Phi) is 6.33. The van der Waals surface area contributed by atoms with E-state index in [0.29, 0.717) is 19.3 Å². The molecule has 0 N–H and O–H groups in total. The Morgan fingerprint density at radius 3 is 2.07 bits per heavy atom. The number of halogens is 3. The van der Waals surface area contributed by atoms with Crippen LogP contribution in [0.1, 0.15) is 31.2 Å². The summed E-state index contributed by atoms with van der Waals surface area (Å²) in [4.78, 5) is 23.6. The number of rotatable bonds is 4. The lowest BCUT2D eigenvalue weighted by atomic mass is 9.90. The highest BCUT2D eigenvalue weighted by Gasteiger charge is 2.43. The normalized spacial score (nSPS) is 20.1. The molecule has 1 aromatic rings. The van der Waals surface area contributed by atoms with Gasteiger partial charge in [-0.05, 0) is 42.9 Å². The van der Waals surface area contributed by atoms with Gasteiger partial charge in [-0.2, -0.15) is 17.5 Å². The minimum atomic E-state index is -4.84. The Morgan fingerprint density at radius 2 is 1.55 bits per heavy atom. The van der Waals surface area contributed by atoms with Gasteiger partial charge < -0.3 is 4.90 Å². The van der Waals surface area contributed by atoms with E-state index in [2.05, 4.69) is 0 Å². The van der Waals surface area contributed by atoms with Gasteiger partial charge in [-0.15, -0.1) is 0 Å². The Hall–Kier alpha value is -1.94. The third-order valence-electron chi connectivity index (χ3n) is 5.51. The standard InChI is InChI=1S/C19H23F3N2O4S/c20-19(21,22)18(26)23-9-5-15(6-10-23)13-14-1-3-17(4-2-14)29(27,28)24-11-7-16(25)8-12-24/h1-4,15H,5-13H2. The van der Waals surface area contributed by atoms with E-state index in [1.165, 1.54) is 16.4 Å². The lowest BCUT2D eigenvalue weighted by Crippen LogP contribution is -2.45. The molecule has 3 rings (SSSR count). The van der Waals surface area contributed by atoms with Gasteiger partial charge in [-0.3, -0.25) is 9.59 Å². The molecule has 2 fully saturated rings. The molecular formula is C19H23F3N2O4S. The maximum Gasteiger partial charge on any atom is 0.471 e. The lowest BCUT2D eigenvalue weighted by molar-refractivity contribution is -0.186. The number of nitrogens with zero attached hydrogens (tertiary/aromatic N) is 2. The zero-order chi connectivity index (χ0) is 21.2. The van der Waals surface area contributed by atoms with Gasteiger partial charge in [0, 0.05) is 39.0 Å². The molecule has 6 nitrogen and oxygen atoms in total. The molecular weight excluding hydrogens is 409 g/mol. The predicted octanol–water partition coefficient (Wildman–Crippen LogP) is 2.38. The summed E-state index contributed by atoms with van der Waals surface area (Å²) in [5, 5.41) is 0. The average molecular weight is 432 g/mol. The number of likely N-dealkylation sites (tertiary alicyclic amines) is 1. The van der Waals surface area contributed by atoms with Crippen molar-refractivity contribution in [2.24, 2.45) is 5.92 Å². The summed E-state index contributed by atoms with van der Waals surface area (Å²) in [7, 11) is -3.64. The van der Waals surface area contributed by atoms with Crippen LogP contribution in [0.2, 0.25) is 0 Å². The SMILES string of the molecule is O=C1CCN(S(=O)(=O)c2ccc(CC3CCN(C(=O)C(F)(F)F)CC3)cc2)CC1. The van der Waals surface area contributed by atoms with Gasteiger partial charge >= 0.3 is 12.1 Å². The van der Waals surface area contributed by atoms with E-state index < -0.39 is 22.1 Å². The molecule has 0 radical (unpaired) electrons. The Morgan fingerprint density at radius 1 is 1.00 bits per heavy atom. The fourth-order valence-electron chi connectivity index (χ4n) is 3.78. The number of Topliss-reactive ketones (excluding diaryl/α,β-unsaturated/α-hetero) is 1. The monoisotopic (exact) mass is 432 g/mol. The maximum absolute atomic E-state index is 12.7. The van der Waals surface area contributed by atoms with Crippen LogP contribution < -0.4 is 0 Å². The van der Waals surface area contributed by atoms with E-state index in [1.54, 1.807) is 12.1 Å². The largest absolute Gasteiger partial charge is 0.471 e. The van der Waals surface area contributed by atoms with E-state index in [-0.39, 0.29) is 55.6 Å². The van der Waals surface area contributed by atoms with E-state index in [1.807, 2.05) is 0 Å². The molecule has 2 heterocycles. The number of benzene rings is 1. The number of ketones is 1. The number of hydrogen-bond donors (Lipinski definition) is 0. The predicted molar refractivity (Wildman–Crippen MR) is 98.5 cm³/mol. The molecule has 0 atom stereocenters. The molecule has 1 aromatic carbocycles. The Labute approximate surface area is 167 Å². The van der Waals surface area contributed by atoms with Gasteiger partial charge in [0.05, 0.1) is 4.90 Å². The van der Waals surface area contributed by atoms with Crippen molar-refractivity contribution in [2.75, 3.05) is 26.2 Å². The van der Waals surface area contributed by atoms with Gasteiger partial charge in [0.25, 0.3) is 0 Å². The number of carbonyl (C=O) groups excluding carboxylic acids is 2. The molecule has 10 heteroatoms.